The van der Waals surface area contributed by atoms with Crippen LogP contribution in [0, 0.1) is 12.8 Å². The molecular formula is C15H26BrN3. The Labute approximate surface area is 125 Å². The predicted molar refractivity (Wildman–Crippen MR) is 87.6 cm³/mol. The molecule has 4 heteroatoms. The molecule has 0 radical (unpaired) electrons. The Balaban J connectivity index is 3.20. The Kier molecular flexibility index (Phi) is 6.11. The van der Waals surface area contributed by atoms with Crippen molar-refractivity contribution >= 4 is 27.4 Å². The van der Waals surface area contributed by atoms with Gasteiger partial charge in [-0.1, -0.05) is 27.7 Å². The summed E-state index contributed by atoms with van der Waals surface area (Å²) in [6, 6.07) is 0.522. The number of hydrogen-bond acceptors (Lipinski definition) is 3. The summed E-state index contributed by atoms with van der Waals surface area (Å²) in [6.45, 7) is 12.0. The average molecular weight is 328 g/mol. The first-order chi connectivity index (χ1) is 8.92. The molecule has 1 aromatic rings. The normalized spacial score (nSPS) is 11.4. The van der Waals surface area contributed by atoms with Gasteiger partial charge in [0, 0.05) is 12.6 Å². The van der Waals surface area contributed by atoms with Crippen LogP contribution in [0.1, 0.15) is 46.1 Å². The van der Waals surface area contributed by atoms with E-state index in [9.17, 15) is 0 Å². The SMILES string of the molecule is CCC(CC)N(CC(C)C)c1ncc(N)c(C)c1Br. The van der Waals surface area contributed by atoms with Gasteiger partial charge in [0.1, 0.15) is 5.82 Å². The number of nitrogens with zero attached hydrogens (tertiary/aromatic N) is 2. The summed E-state index contributed by atoms with van der Waals surface area (Å²) in [7, 11) is 0. The number of rotatable bonds is 6. The average Bonchev–Trinajstić information content (AvgIpc) is 2.36. The lowest BCUT2D eigenvalue weighted by molar-refractivity contribution is 0.502. The van der Waals surface area contributed by atoms with E-state index in [-0.39, 0.29) is 0 Å². The van der Waals surface area contributed by atoms with Gasteiger partial charge in [0.05, 0.1) is 16.4 Å². The molecule has 0 aliphatic rings. The fraction of sp³-hybridized carbons (Fsp3) is 0.667. The van der Waals surface area contributed by atoms with Crippen LogP contribution >= 0.6 is 15.9 Å². The van der Waals surface area contributed by atoms with Crippen LogP contribution in [0.25, 0.3) is 0 Å². The number of halogens is 1. The largest absolute Gasteiger partial charge is 0.397 e. The molecule has 0 amide bonds. The van der Waals surface area contributed by atoms with E-state index in [1.54, 1.807) is 6.20 Å². The van der Waals surface area contributed by atoms with E-state index in [0.29, 0.717) is 12.0 Å². The van der Waals surface area contributed by atoms with Gasteiger partial charge >= 0.3 is 0 Å². The highest BCUT2D eigenvalue weighted by Crippen LogP contribution is 2.32. The Morgan fingerprint density at radius 2 is 1.89 bits per heavy atom. The molecule has 2 N–H and O–H groups in total. The van der Waals surface area contributed by atoms with E-state index < -0.39 is 0 Å². The smallest absolute Gasteiger partial charge is 0.143 e. The lowest BCUT2D eigenvalue weighted by atomic mass is 10.1. The minimum atomic E-state index is 0.522. The van der Waals surface area contributed by atoms with E-state index in [1.807, 2.05) is 6.92 Å². The third-order valence-corrected chi connectivity index (χ3v) is 4.45. The zero-order chi connectivity index (χ0) is 14.6. The molecule has 108 valence electrons. The van der Waals surface area contributed by atoms with E-state index in [1.165, 1.54) is 0 Å². The second kappa shape index (κ2) is 7.13. The number of pyridine rings is 1. The van der Waals surface area contributed by atoms with Gasteiger partial charge in [-0.05, 0) is 47.2 Å². The molecule has 0 bridgehead atoms. The monoisotopic (exact) mass is 327 g/mol. The summed E-state index contributed by atoms with van der Waals surface area (Å²) < 4.78 is 1.03. The van der Waals surface area contributed by atoms with Crippen LogP contribution in [-0.4, -0.2) is 17.6 Å². The fourth-order valence-electron chi connectivity index (χ4n) is 2.31. The van der Waals surface area contributed by atoms with Crippen molar-refractivity contribution in [2.75, 3.05) is 17.2 Å². The molecule has 1 aromatic heterocycles. The van der Waals surface area contributed by atoms with E-state index >= 15 is 0 Å². The predicted octanol–water partition coefficient (Wildman–Crippen LogP) is 4.39. The number of aromatic nitrogens is 1. The zero-order valence-corrected chi connectivity index (χ0v) is 14.3. The Morgan fingerprint density at radius 3 is 2.37 bits per heavy atom. The van der Waals surface area contributed by atoms with Crippen molar-refractivity contribution in [1.29, 1.82) is 0 Å². The summed E-state index contributed by atoms with van der Waals surface area (Å²) in [4.78, 5) is 6.98. The van der Waals surface area contributed by atoms with Gasteiger partial charge < -0.3 is 10.6 Å². The van der Waals surface area contributed by atoms with Crippen LogP contribution in [0.3, 0.4) is 0 Å². The molecule has 0 aromatic carbocycles. The maximum atomic E-state index is 5.92. The van der Waals surface area contributed by atoms with E-state index in [4.69, 9.17) is 5.73 Å². The third-order valence-electron chi connectivity index (χ3n) is 3.50. The highest BCUT2D eigenvalue weighted by Gasteiger charge is 2.21. The van der Waals surface area contributed by atoms with E-state index in [2.05, 4.69) is 53.5 Å². The van der Waals surface area contributed by atoms with Crippen LogP contribution in [-0.2, 0) is 0 Å². The van der Waals surface area contributed by atoms with Crippen molar-refractivity contribution in [1.82, 2.24) is 4.98 Å². The van der Waals surface area contributed by atoms with Crippen molar-refractivity contribution in [3.8, 4) is 0 Å². The number of nitrogens with two attached hydrogens (primary N) is 1. The summed E-state index contributed by atoms with van der Waals surface area (Å²) >= 11 is 3.66. The van der Waals surface area contributed by atoms with Gasteiger partial charge in [-0.25, -0.2) is 4.98 Å². The van der Waals surface area contributed by atoms with Crippen LogP contribution in [0.5, 0.6) is 0 Å². The first-order valence-electron chi connectivity index (χ1n) is 7.09. The quantitative estimate of drug-likeness (QED) is 0.842. The lowest BCUT2D eigenvalue weighted by Crippen LogP contribution is -2.38. The summed E-state index contributed by atoms with van der Waals surface area (Å²) in [5.74, 6) is 1.63. The minimum absolute atomic E-state index is 0.522. The van der Waals surface area contributed by atoms with Crippen molar-refractivity contribution < 1.29 is 0 Å². The first kappa shape index (κ1) is 16.3. The second-order valence-electron chi connectivity index (χ2n) is 5.49. The van der Waals surface area contributed by atoms with Crippen LogP contribution in [0.15, 0.2) is 10.7 Å². The van der Waals surface area contributed by atoms with Crippen molar-refractivity contribution in [2.45, 2.75) is 53.5 Å². The standard InChI is InChI=1S/C15H26BrN3/c1-6-12(7-2)19(9-10(3)4)15-14(16)11(5)13(17)8-18-15/h8,10,12H,6-7,9,17H2,1-5H3. The van der Waals surface area contributed by atoms with Gasteiger partial charge in [-0.2, -0.15) is 0 Å². The van der Waals surface area contributed by atoms with Gasteiger partial charge in [0.2, 0.25) is 0 Å². The maximum absolute atomic E-state index is 5.92. The molecule has 19 heavy (non-hydrogen) atoms. The second-order valence-corrected chi connectivity index (χ2v) is 6.29. The summed E-state index contributed by atoms with van der Waals surface area (Å²) in [6.07, 6.45) is 4.02. The highest BCUT2D eigenvalue weighted by molar-refractivity contribution is 9.10. The maximum Gasteiger partial charge on any atom is 0.143 e. The molecular weight excluding hydrogens is 302 g/mol. The van der Waals surface area contributed by atoms with Gasteiger partial charge in [-0.3, -0.25) is 0 Å². The molecule has 1 heterocycles. The van der Waals surface area contributed by atoms with Gasteiger partial charge in [-0.15, -0.1) is 0 Å². The Bertz CT molecular complexity index is 414. The van der Waals surface area contributed by atoms with Crippen LogP contribution in [0.2, 0.25) is 0 Å². The van der Waals surface area contributed by atoms with Crippen molar-refractivity contribution in [3.05, 3.63) is 16.2 Å². The molecule has 0 saturated carbocycles. The molecule has 0 atom stereocenters. The lowest BCUT2D eigenvalue weighted by Gasteiger charge is -2.34. The van der Waals surface area contributed by atoms with E-state index in [0.717, 1.165) is 40.9 Å². The summed E-state index contributed by atoms with van der Waals surface area (Å²) in [5, 5.41) is 0. The molecule has 0 unspecified atom stereocenters. The van der Waals surface area contributed by atoms with Crippen LogP contribution < -0.4 is 10.6 Å². The fourth-order valence-corrected chi connectivity index (χ4v) is 2.87. The van der Waals surface area contributed by atoms with Crippen molar-refractivity contribution in [2.24, 2.45) is 5.92 Å². The minimum Gasteiger partial charge on any atom is -0.397 e. The molecule has 3 nitrogen and oxygen atoms in total. The topological polar surface area (TPSA) is 42.2 Å². The van der Waals surface area contributed by atoms with Crippen LogP contribution in [0.4, 0.5) is 11.5 Å². The first-order valence-corrected chi connectivity index (χ1v) is 7.88. The number of nitrogen functional groups attached to an aromatic ring is 1. The highest BCUT2D eigenvalue weighted by atomic mass is 79.9. The number of anilines is 2. The van der Waals surface area contributed by atoms with Gasteiger partial charge in [0.15, 0.2) is 0 Å². The third kappa shape index (κ3) is 3.85. The molecule has 0 aliphatic carbocycles. The molecule has 0 saturated heterocycles. The van der Waals surface area contributed by atoms with Gasteiger partial charge in [0.25, 0.3) is 0 Å². The Hall–Kier alpha value is -0.770. The zero-order valence-electron chi connectivity index (χ0n) is 12.7. The number of hydrogen-bond donors (Lipinski definition) is 1. The molecule has 0 spiro atoms. The van der Waals surface area contributed by atoms with Crippen molar-refractivity contribution in [3.63, 3.8) is 0 Å². The molecule has 0 fully saturated rings. The summed E-state index contributed by atoms with van der Waals surface area (Å²) in [5.41, 5.74) is 7.74. The Morgan fingerprint density at radius 1 is 1.32 bits per heavy atom. The molecule has 0 aliphatic heterocycles. The molecule has 1 rings (SSSR count).